The third-order valence-corrected chi connectivity index (χ3v) is 4.82. The highest BCUT2D eigenvalue weighted by molar-refractivity contribution is 7.20. The van der Waals surface area contributed by atoms with Crippen LogP contribution < -0.4 is 5.32 Å². The van der Waals surface area contributed by atoms with Gasteiger partial charge in [0.25, 0.3) is 5.91 Å². The van der Waals surface area contributed by atoms with Crippen LogP contribution in [0.25, 0.3) is 9.88 Å². The average molecular weight is 326 g/mol. The smallest absolute Gasteiger partial charge is 0.270 e. The Morgan fingerprint density at radius 1 is 1.52 bits per heavy atom. The van der Waals surface area contributed by atoms with Gasteiger partial charge in [0.05, 0.1) is 10.5 Å². The van der Waals surface area contributed by atoms with Crippen molar-refractivity contribution in [3.8, 4) is 9.88 Å². The molecular weight excluding hydrogens is 308 g/mol. The predicted molar refractivity (Wildman–Crippen MR) is 84.9 cm³/mol. The summed E-state index contributed by atoms with van der Waals surface area (Å²) in [5, 5.41) is 17.3. The molecule has 0 aliphatic carbocycles. The Labute approximate surface area is 131 Å². The minimum atomic E-state index is -0.988. The molecule has 2 heterocycles. The SMILES string of the molecule is COCCC(C)(O)CNC(=O)c1csc(-c2cccs2)n1. The van der Waals surface area contributed by atoms with E-state index in [1.54, 1.807) is 30.8 Å². The number of thiophene rings is 1. The number of amides is 1. The van der Waals surface area contributed by atoms with Gasteiger partial charge in [-0.2, -0.15) is 0 Å². The molecule has 0 saturated carbocycles. The lowest BCUT2D eigenvalue weighted by Crippen LogP contribution is -2.41. The van der Waals surface area contributed by atoms with Gasteiger partial charge in [-0.15, -0.1) is 22.7 Å². The Balaban J connectivity index is 1.92. The fourth-order valence-electron chi connectivity index (χ4n) is 1.66. The minimum Gasteiger partial charge on any atom is -0.388 e. The van der Waals surface area contributed by atoms with Crippen molar-refractivity contribution >= 4 is 28.6 Å². The summed E-state index contributed by atoms with van der Waals surface area (Å²) in [5.41, 5.74) is -0.607. The highest BCUT2D eigenvalue weighted by Crippen LogP contribution is 2.27. The molecule has 7 heteroatoms. The number of methoxy groups -OCH3 is 1. The largest absolute Gasteiger partial charge is 0.388 e. The van der Waals surface area contributed by atoms with E-state index in [0.717, 1.165) is 9.88 Å². The van der Waals surface area contributed by atoms with Crippen molar-refractivity contribution in [3.63, 3.8) is 0 Å². The van der Waals surface area contributed by atoms with Crippen molar-refractivity contribution in [2.45, 2.75) is 18.9 Å². The van der Waals surface area contributed by atoms with Crippen LogP contribution in [0.1, 0.15) is 23.8 Å². The van der Waals surface area contributed by atoms with Gasteiger partial charge in [0.15, 0.2) is 0 Å². The number of ether oxygens (including phenoxy) is 1. The number of nitrogens with zero attached hydrogens (tertiary/aromatic N) is 1. The summed E-state index contributed by atoms with van der Waals surface area (Å²) in [7, 11) is 1.58. The maximum Gasteiger partial charge on any atom is 0.270 e. The Morgan fingerprint density at radius 2 is 2.33 bits per heavy atom. The Bertz CT molecular complexity index is 579. The summed E-state index contributed by atoms with van der Waals surface area (Å²) >= 11 is 3.03. The molecule has 2 rings (SSSR count). The van der Waals surface area contributed by atoms with Crippen molar-refractivity contribution in [1.29, 1.82) is 0 Å². The molecule has 1 unspecified atom stereocenters. The fourth-order valence-corrected chi connectivity index (χ4v) is 3.28. The second-order valence-electron chi connectivity index (χ2n) is 4.94. The van der Waals surface area contributed by atoms with Crippen LogP contribution in [0.4, 0.5) is 0 Å². The molecule has 0 spiro atoms. The van der Waals surface area contributed by atoms with Gasteiger partial charge in [0.2, 0.25) is 0 Å². The van der Waals surface area contributed by atoms with Crippen LogP contribution in [0.5, 0.6) is 0 Å². The van der Waals surface area contributed by atoms with Crippen LogP contribution >= 0.6 is 22.7 Å². The molecule has 0 fully saturated rings. The second kappa shape index (κ2) is 7.13. The number of nitrogens with one attached hydrogen (secondary N) is 1. The van der Waals surface area contributed by atoms with Crippen LogP contribution in [-0.2, 0) is 4.74 Å². The van der Waals surface area contributed by atoms with Gasteiger partial charge in [-0.05, 0) is 18.4 Å². The lowest BCUT2D eigenvalue weighted by atomic mass is 10.0. The highest BCUT2D eigenvalue weighted by Gasteiger charge is 2.22. The molecule has 21 heavy (non-hydrogen) atoms. The summed E-state index contributed by atoms with van der Waals surface area (Å²) in [4.78, 5) is 17.4. The maximum absolute atomic E-state index is 12.0. The molecule has 2 aromatic heterocycles. The highest BCUT2D eigenvalue weighted by atomic mass is 32.1. The topological polar surface area (TPSA) is 71.5 Å². The lowest BCUT2D eigenvalue weighted by molar-refractivity contribution is 0.0243. The molecule has 1 amide bonds. The van der Waals surface area contributed by atoms with E-state index in [1.165, 1.54) is 11.3 Å². The van der Waals surface area contributed by atoms with Gasteiger partial charge in [-0.3, -0.25) is 4.79 Å². The van der Waals surface area contributed by atoms with E-state index in [0.29, 0.717) is 18.7 Å². The molecule has 114 valence electrons. The quantitative estimate of drug-likeness (QED) is 0.819. The number of thiazole rings is 1. The number of rotatable bonds is 7. The zero-order valence-corrected chi connectivity index (χ0v) is 13.6. The first-order valence-corrected chi connectivity index (χ1v) is 8.27. The van der Waals surface area contributed by atoms with E-state index in [-0.39, 0.29) is 12.5 Å². The predicted octanol–water partition coefficient (Wildman–Crippen LogP) is 2.39. The first-order chi connectivity index (χ1) is 10.0. The van der Waals surface area contributed by atoms with Gasteiger partial charge in [-0.25, -0.2) is 4.98 Å². The maximum atomic E-state index is 12.0. The van der Waals surface area contributed by atoms with E-state index in [4.69, 9.17) is 4.74 Å². The van der Waals surface area contributed by atoms with Crippen LogP contribution in [0.15, 0.2) is 22.9 Å². The number of hydrogen-bond acceptors (Lipinski definition) is 6. The molecule has 2 N–H and O–H groups in total. The molecule has 2 aromatic rings. The van der Waals surface area contributed by atoms with Crippen LogP contribution in [0, 0.1) is 0 Å². The van der Waals surface area contributed by atoms with E-state index in [1.807, 2.05) is 17.5 Å². The second-order valence-corrected chi connectivity index (χ2v) is 6.74. The molecule has 1 atom stereocenters. The molecule has 0 saturated heterocycles. The summed E-state index contributed by atoms with van der Waals surface area (Å²) < 4.78 is 4.93. The van der Waals surface area contributed by atoms with E-state index in [2.05, 4.69) is 10.3 Å². The van der Waals surface area contributed by atoms with Crippen LogP contribution in [0.3, 0.4) is 0 Å². The van der Waals surface area contributed by atoms with E-state index < -0.39 is 5.60 Å². The monoisotopic (exact) mass is 326 g/mol. The number of aliphatic hydroxyl groups is 1. The zero-order chi connectivity index (χ0) is 15.3. The van der Waals surface area contributed by atoms with Crippen molar-refractivity contribution in [2.24, 2.45) is 0 Å². The summed E-state index contributed by atoms with van der Waals surface area (Å²) in [5.74, 6) is -0.272. The summed E-state index contributed by atoms with van der Waals surface area (Å²) in [6.45, 7) is 2.29. The Kier molecular flexibility index (Phi) is 5.46. The molecule has 0 radical (unpaired) electrons. The minimum absolute atomic E-state index is 0.168. The van der Waals surface area contributed by atoms with Crippen molar-refractivity contribution < 1.29 is 14.6 Å². The van der Waals surface area contributed by atoms with Gasteiger partial charge in [0.1, 0.15) is 10.7 Å². The lowest BCUT2D eigenvalue weighted by Gasteiger charge is -2.22. The third kappa shape index (κ3) is 4.60. The van der Waals surface area contributed by atoms with E-state index >= 15 is 0 Å². The van der Waals surface area contributed by atoms with Crippen LogP contribution in [0.2, 0.25) is 0 Å². The zero-order valence-electron chi connectivity index (χ0n) is 12.0. The third-order valence-electron chi connectivity index (χ3n) is 2.94. The molecule has 0 aromatic carbocycles. The van der Waals surface area contributed by atoms with Gasteiger partial charge >= 0.3 is 0 Å². The van der Waals surface area contributed by atoms with Crippen molar-refractivity contribution in [2.75, 3.05) is 20.3 Å². The average Bonchev–Trinajstić information content (AvgIpc) is 3.12. The van der Waals surface area contributed by atoms with Gasteiger partial charge in [-0.1, -0.05) is 6.07 Å². The van der Waals surface area contributed by atoms with Crippen molar-refractivity contribution in [1.82, 2.24) is 10.3 Å². The normalized spacial score (nSPS) is 13.9. The molecular formula is C14H18N2O3S2. The molecule has 0 aliphatic heterocycles. The summed E-state index contributed by atoms with van der Waals surface area (Å²) in [6.07, 6.45) is 0.460. The van der Waals surface area contributed by atoms with E-state index in [9.17, 15) is 9.90 Å². The van der Waals surface area contributed by atoms with Crippen molar-refractivity contribution in [3.05, 3.63) is 28.6 Å². The number of hydrogen-bond donors (Lipinski definition) is 2. The van der Waals surface area contributed by atoms with Gasteiger partial charge < -0.3 is 15.2 Å². The molecule has 0 aliphatic rings. The Hall–Kier alpha value is -1.28. The summed E-state index contributed by atoms with van der Waals surface area (Å²) in [6, 6.07) is 3.93. The first-order valence-electron chi connectivity index (χ1n) is 6.51. The first kappa shape index (κ1) is 16.1. The standard InChI is InChI=1S/C14H18N2O3S2/c1-14(18,5-6-19-2)9-15-12(17)10-8-21-13(16-10)11-4-3-7-20-11/h3-4,7-8,18H,5-6,9H2,1-2H3,(H,15,17). The van der Waals surface area contributed by atoms with Gasteiger partial charge in [0, 0.05) is 32.1 Å². The number of aromatic nitrogens is 1. The Morgan fingerprint density at radius 3 is 3.00 bits per heavy atom. The fraction of sp³-hybridized carbons (Fsp3) is 0.429. The molecule has 5 nitrogen and oxygen atoms in total. The molecule has 0 bridgehead atoms. The number of carbonyl (C=O) groups excluding carboxylic acids is 1. The van der Waals surface area contributed by atoms with Crippen LogP contribution in [-0.4, -0.2) is 41.9 Å². The number of carbonyl (C=O) groups is 1.